The van der Waals surface area contributed by atoms with Gasteiger partial charge in [0.05, 0.1) is 11.3 Å². The van der Waals surface area contributed by atoms with Gasteiger partial charge in [-0.05, 0) is 43.7 Å². The summed E-state index contributed by atoms with van der Waals surface area (Å²) in [6, 6.07) is 13.2. The van der Waals surface area contributed by atoms with Gasteiger partial charge in [0.15, 0.2) is 17.3 Å². The number of benzene rings is 1. The fraction of sp³-hybridized carbons (Fsp3) is 0.143. The molecule has 0 spiro atoms. The van der Waals surface area contributed by atoms with Crippen molar-refractivity contribution >= 4 is 5.91 Å². The predicted molar refractivity (Wildman–Crippen MR) is 104 cm³/mol. The SMILES string of the molecule is Cc1cc(C)n(-c2ccc(CNC(=O)c3cc(-c4ccccc4F)on3)cn2)n1. The Morgan fingerprint density at radius 3 is 2.69 bits per heavy atom. The first-order chi connectivity index (χ1) is 14.0. The molecule has 0 fully saturated rings. The molecule has 0 aliphatic heterocycles. The smallest absolute Gasteiger partial charge is 0.273 e. The van der Waals surface area contributed by atoms with Gasteiger partial charge in [-0.1, -0.05) is 23.4 Å². The topological polar surface area (TPSA) is 85.8 Å². The van der Waals surface area contributed by atoms with E-state index in [1.54, 1.807) is 29.1 Å². The number of nitrogens with one attached hydrogen (secondary N) is 1. The summed E-state index contributed by atoms with van der Waals surface area (Å²) < 4.78 is 20.7. The molecule has 3 aromatic heterocycles. The number of rotatable bonds is 5. The van der Waals surface area contributed by atoms with Crippen LogP contribution in [-0.4, -0.2) is 25.8 Å². The van der Waals surface area contributed by atoms with Crippen LogP contribution in [-0.2, 0) is 6.54 Å². The van der Waals surface area contributed by atoms with Crippen molar-refractivity contribution in [2.24, 2.45) is 0 Å². The Labute approximate surface area is 166 Å². The Kier molecular flexibility index (Phi) is 4.90. The second-order valence-electron chi connectivity index (χ2n) is 6.60. The van der Waals surface area contributed by atoms with Crippen LogP contribution >= 0.6 is 0 Å². The second kappa shape index (κ2) is 7.67. The zero-order valence-electron chi connectivity index (χ0n) is 15.9. The molecular weight excluding hydrogens is 373 g/mol. The van der Waals surface area contributed by atoms with Gasteiger partial charge in [-0.2, -0.15) is 5.10 Å². The van der Waals surface area contributed by atoms with Crippen molar-refractivity contribution in [3.63, 3.8) is 0 Å². The second-order valence-corrected chi connectivity index (χ2v) is 6.60. The molecule has 146 valence electrons. The number of hydrogen-bond donors (Lipinski definition) is 1. The molecule has 0 unspecified atom stereocenters. The van der Waals surface area contributed by atoms with Gasteiger partial charge in [-0.15, -0.1) is 0 Å². The van der Waals surface area contributed by atoms with Gasteiger partial charge in [0.25, 0.3) is 5.91 Å². The highest BCUT2D eigenvalue weighted by atomic mass is 19.1. The number of carbonyl (C=O) groups is 1. The van der Waals surface area contributed by atoms with Gasteiger partial charge < -0.3 is 9.84 Å². The number of nitrogens with zero attached hydrogens (tertiary/aromatic N) is 4. The van der Waals surface area contributed by atoms with Crippen LogP contribution in [0.3, 0.4) is 0 Å². The molecule has 1 N–H and O–H groups in total. The third-order valence-corrected chi connectivity index (χ3v) is 4.37. The molecule has 4 rings (SSSR count). The maximum Gasteiger partial charge on any atom is 0.273 e. The van der Waals surface area contributed by atoms with Gasteiger partial charge in [0.1, 0.15) is 5.82 Å². The maximum absolute atomic E-state index is 13.8. The zero-order valence-corrected chi connectivity index (χ0v) is 15.9. The number of hydrogen-bond acceptors (Lipinski definition) is 5. The van der Waals surface area contributed by atoms with Gasteiger partial charge >= 0.3 is 0 Å². The fourth-order valence-corrected chi connectivity index (χ4v) is 2.95. The Hall–Kier alpha value is -3.81. The summed E-state index contributed by atoms with van der Waals surface area (Å²) in [6.07, 6.45) is 1.68. The highest BCUT2D eigenvalue weighted by Crippen LogP contribution is 2.23. The molecule has 4 aromatic rings. The lowest BCUT2D eigenvalue weighted by Gasteiger charge is -2.06. The monoisotopic (exact) mass is 391 g/mol. The van der Waals surface area contributed by atoms with Crippen LogP contribution in [0, 0.1) is 19.7 Å². The quantitative estimate of drug-likeness (QED) is 0.562. The van der Waals surface area contributed by atoms with E-state index >= 15 is 0 Å². The average molecular weight is 391 g/mol. The molecule has 8 heteroatoms. The molecule has 3 heterocycles. The van der Waals surface area contributed by atoms with Crippen molar-refractivity contribution in [3.8, 4) is 17.1 Å². The van der Waals surface area contributed by atoms with E-state index < -0.39 is 11.7 Å². The van der Waals surface area contributed by atoms with Crippen LogP contribution in [0.1, 0.15) is 27.4 Å². The van der Waals surface area contributed by atoms with Crippen molar-refractivity contribution in [2.45, 2.75) is 20.4 Å². The van der Waals surface area contributed by atoms with Crippen LogP contribution in [0.15, 0.2) is 59.3 Å². The Morgan fingerprint density at radius 1 is 1.17 bits per heavy atom. The molecule has 29 heavy (non-hydrogen) atoms. The van der Waals surface area contributed by atoms with E-state index in [2.05, 4.69) is 20.6 Å². The molecule has 0 aliphatic carbocycles. The minimum absolute atomic E-state index is 0.0791. The van der Waals surface area contributed by atoms with Crippen LogP contribution in [0.25, 0.3) is 17.1 Å². The predicted octanol–water partition coefficient (Wildman–Crippen LogP) is 3.61. The van der Waals surface area contributed by atoms with Gasteiger partial charge in [-0.25, -0.2) is 14.1 Å². The Morgan fingerprint density at radius 2 is 2.00 bits per heavy atom. The maximum atomic E-state index is 13.8. The third kappa shape index (κ3) is 3.91. The number of carbonyl (C=O) groups excluding carboxylic acids is 1. The van der Waals surface area contributed by atoms with E-state index in [1.807, 2.05) is 32.0 Å². The molecule has 0 atom stereocenters. The van der Waals surface area contributed by atoms with Crippen molar-refractivity contribution in [1.82, 2.24) is 25.2 Å². The van der Waals surface area contributed by atoms with Crippen LogP contribution in [0.4, 0.5) is 4.39 Å². The van der Waals surface area contributed by atoms with Crippen LogP contribution in [0.2, 0.25) is 0 Å². The summed E-state index contributed by atoms with van der Waals surface area (Å²) in [5.41, 5.74) is 3.07. The lowest BCUT2D eigenvalue weighted by atomic mass is 10.1. The molecule has 0 aliphatic rings. The van der Waals surface area contributed by atoms with E-state index in [9.17, 15) is 9.18 Å². The summed E-state index contributed by atoms with van der Waals surface area (Å²) in [6.45, 7) is 4.16. The Bertz CT molecular complexity index is 1160. The number of halogens is 1. The zero-order chi connectivity index (χ0) is 20.4. The van der Waals surface area contributed by atoms with Crippen molar-refractivity contribution in [3.05, 3.63) is 83.2 Å². The number of aromatic nitrogens is 4. The van der Waals surface area contributed by atoms with Crippen molar-refractivity contribution < 1.29 is 13.7 Å². The first-order valence-corrected chi connectivity index (χ1v) is 8.99. The number of amides is 1. The molecule has 0 radical (unpaired) electrons. The molecule has 7 nitrogen and oxygen atoms in total. The standard InChI is InChI=1S/C21H18FN5O2/c1-13-9-14(2)27(25-13)20-8-7-15(11-23-20)12-24-21(28)18-10-19(29-26-18)16-5-3-4-6-17(16)22/h3-11H,12H2,1-2H3,(H,24,28). The van der Waals surface area contributed by atoms with Crippen molar-refractivity contribution in [2.75, 3.05) is 0 Å². The molecule has 1 amide bonds. The molecule has 1 aromatic carbocycles. The van der Waals surface area contributed by atoms with E-state index in [-0.39, 0.29) is 23.6 Å². The van der Waals surface area contributed by atoms with E-state index in [0.29, 0.717) is 5.82 Å². The first-order valence-electron chi connectivity index (χ1n) is 8.99. The largest absolute Gasteiger partial charge is 0.355 e. The summed E-state index contributed by atoms with van der Waals surface area (Å²) in [7, 11) is 0. The summed E-state index contributed by atoms with van der Waals surface area (Å²) in [4.78, 5) is 16.7. The molecule has 0 saturated carbocycles. The Balaban J connectivity index is 1.41. The summed E-state index contributed by atoms with van der Waals surface area (Å²) in [5.74, 6) is 0.0456. The minimum Gasteiger partial charge on any atom is -0.355 e. The first kappa shape index (κ1) is 18.5. The highest BCUT2D eigenvalue weighted by molar-refractivity contribution is 5.93. The summed E-state index contributed by atoms with van der Waals surface area (Å²) in [5, 5.41) is 10.9. The van der Waals surface area contributed by atoms with Crippen LogP contribution in [0.5, 0.6) is 0 Å². The number of aryl methyl sites for hydroxylation is 2. The molecule has 0 bridgehead atoms. The van der Waals surface area contributed by atoms with Gasteiger partial charge in [-0.3, -0.25) is 4.79 Å². The molecular formula is C21H18FN5O2. The van der Waals surface area contributed by atoms with Gasteiger partial charge in [0.2, 0.25) is 0 Å². The lowest BCUT2D eigenvalue weighted by molar-refractivity contribution is 0.0942. The fourth-order valence-electron chi connectivity index (χ4n) is 2.95. The average Bonchev–Trinajstić information content (AvgIpc) is 3.33. The van der Waals surface area contributed by atoms with E-state index in [0.717, 1.165) is 17.0 Å². The third-order valence-electron chi connectivity index (χ3n) is 4.37. The highest BCUT2D eigenvalue weighted by Gasteiger charge is 2.15. The van der Waals surface area contributed by atoms with E-state index in [1.165, 1.54) is 12.1 Å². The van der Waals surface area contributed by atoms with Crippen molar-refractivity contribution in [1.29, 1.82) is 0 Å². The normalized spacial score (nSPS) is 10.9. The minimum atomic E-state index is -0.440. The van der Waals surface area contributed by atoms with E-state index in [4.69, 9.17) is 4.52 Å². The summed E-state index contributed by atoms with van der Waals surface area (Å²) >= 11 is 0. The van der Waals surface area contributed by atoms with Gasteiger partial charge in [0, 0.05) is 24.5 Å². The number of pyridine rings is 1. The lowest BCUT2D eigenvalue weighted by Crippen LogP contribution is -2.23. The molecule has 0 saturated heterocycles. The van der Waals surface area contributed by atoms with Crippen LogP contribution < -0.4 is 5.32 Å².